The van der Waals surface area contributed by atoms with E-state index in [1.165, 1.54) is 10.0 Å². The van der Waals surface area contributed by atoms with Crippen molar-refractivity contribution in [3.8, 4) is 0 Å². The van der Waals surface area contributed by atoms with Crippen molar-refractivity contribution in [3.05, 3.63) is 47.0 Å². The predicted octanol–water partition coefficient (Wildman–Crippen LogP) is 3.68. The van der Waals surface area contributed by atoms with Crippen LogP contribution in [0.1, 0.15) is 24.9 Å². The molecule has 0 heterocycles. The van der Waals surface area contributed by atoms with Crippen LogP contribution in [0.25, 0.3) is 0 Å². The summed E-state index contributed by atoms with van der Waals surface area (Å²) in [5.74, 6) is 0. The minimum atomic E-state index is 0.380. The van der Waals surface area contributed by atoms with Gasteiger partial charge in [0.15, 0.2) is 0 Å². The van der Waals surface area contributed by atoms with Gasteiger partial charge in [0.1, 0.15) is 0 Å². The van der Waals surface area contributed by atoms with Crippen molar-refractivity contribution < 1.29 is 0 Å². The molecule has 1 aromatic carbocycles. The lowest BCUT2D eigenvalue weighted by atomic mass is 10.1. The molecule has 0 amide bonds. The summed E-state index contributed by atoms with van der Waals surface area (Å²) in [6.45, 7) is 6.85. The molecular weight excluding hydrogens is 238 g/mol. The first-order valence-electron chi connectivity index (χ1n) is 4.84. The van der Waals surface area contributed by atoms with Gasteiger partial charge in [-0.3, -0.25) is 0 Å². The van der Waals surface area contributed by atoms with E-state index in [0.29, 0.717) is 6.04 Å². The molecule has 0 unspecified atom stereocenters. The fourth-order valence-corrected chi connectivity index (χ4v) is 1.97. The molecule has 76 valence electrons. The molecule has 0 aliphatic heterocycles. The molecule has 0 aliphatic carbocycles. The summed E-state index contributed by atoms with van der Waals surface area (Å²) in [5, 5.41) is 3.44. The van der Waals surface area contributed by atoms with Crippen molar-refractivity contribution in [2.24, 2.45) is 0 Å². The number of benzene rings is 1. The van der Waals surface area contributed by atoms with Gasteiger partial charge >= 0.3 is 0 Å². The number of hydrogen-bond acceptors (Lipinski definition) is 1. The lowest BCUT2D eigenvalue weighted by molar-refractivity contribution is 0.579. The van der Waals surface area contributed by atoms with Crippen LogP contribution in [0, 0.1) is 0 Å². The second-order valence-corrected chi connectivity index (χ2v) is 4.13. The topological polar surface area (TPSA) is 12.0 Å². The Morgan fingerprint density at radius 1 is 1.50 bits per heavy atom. The minimum absolute atomic E-state index is 0.380. The molecule has 0 radical (unpaired) electrons. The molecular formula is C12H16BrN. The Bertz CT molecular complexity index is 296. The van der Waals surface area contributed by atoms with Gasteiger partial charge in [0, 0.05) is 10.5 Å². The van der Waals surface area contributed by atoms with Crippen LogP contribution < -0.4 is 5.32 Å². The monoisotopic (exact) mass is 253 g/mol. The fraction of sp³-hybridized carbons (Fsp3) is 0.333. The third-order valence-corrected chi connectivity index (χ3v) is 2.89. The SMILES string of the molecule is C=CCCN[C@@H](C)c1ccccc1Br. The summed E-state index contributed by atoms with van der Waals surface area (Å²) in [6.07, 6.45) is 2.94. The van der Waals surface area contributed by atoms with Crippen molar-refractivity contribution in [2.75, 3.05) is 6.54 Å². The Morgan fingerprint density at radius 3 is 2.86 bits per heavy atom. The first kappa shape index (κ1) is 11.5. The molecule has 0 aliphatic rings. The maximum absolute atomic E-state index is 3.70. The van der Waals surface area contributed by atoms with E-state index in [1.54, 1.807) is 0 Å². The number of rotatable bonds is 5. The summed E-state index contributed by atoms with van der Waals surface area (Å²) >= 11 is 3.55. The zero-order chi connectivity index (χ0) is 10.4. The van der Waals surface area contributed by atoms with Crippen LogP contribution in [0.2, 0.25) is 0 Å². The zero-order valence-electron chi connectivity index (χ0n) is 8.46. The van der Waals surface area contributed by atoms with Crippen molar-refractivity contribution >= 4 is 15.9 Å². The Morgan fingerprint density at radius 2 is 2.21 bits per heavy atom. The minimum Gasteiger partial charge on any atom is -0.310 e. The van der Waals surface area contributed by atoms with E-state index in [0.717, 1.165) is 13.0 Å². The molecule has 0 fully saturated rings. The summed E-state index contributed by atoms with van der Waals surface area (Å²) < 4.78 is 1.17. The molecule has 0 spiro atoms. The van der Waals surface area contributed by atoms with Gasteiger partial charge in [0.05, 0.1) is 0 Å². The van der Waals surface area contributed by atoms with Crippen LogP contribution in [0.15, 0.2) is 41.4 Å². The highest BCUT2D eigenvalue weighted by molar-refractivity contribution is 9.10. The summed E-state index contributed by atoms with van der Waals surface area (Å²) in [4.78, 5) is 0. The van der Waals surface area contributed by atoms with E-state index in [9.17, 15) is 0 Å². The number of nitrogens with one attached hydrogen (secondary N) is 1. The Hall–Kier alpha value is -0.600. The van der Waals surface area contributed by atoms with Gasteiger partial charge in [-0.05, 0) is 31.5 Å². The second kappa shape index (κ2) is 5.99. The van der Waals surface area contributed by atoms with E-state index in [4.69, 9.17) is 0 Å². The smallest absolute Gasteiger partial charge is 0.0303 e. The molecule has 0 saturated carbocycles. The van der Waals surface area contributed by atoms with Gasteiger partial charge in [-0.1, -0.05) is 40.2 Å². The Labute approximate surface area is 94.3 Å². The lowest BCUT2D eigenvalue weighted by Gasteiger charge is -2.14. The Kier molecular flexibility index (Phi) is 4.91. The van der Waals surface area contributed by atoms with E-state index in [-0.39, 0.29) is 0 Å². The van der Waals surface area contributed by atoms with Gasteiger partial charge < -0.3 is 5.32 Å². The molecule has 1 nitrogen and oxygen atoms in total. The van der Waals surface area contributed by atoms with E-state index in [2.05, 4.69) is 52.9 Å². The van der Waals surface area contributed by atoms with Gasteiger partial charge in [-0.15, -0.1) is 6.58 Å². The number of halogens is 1. The average molecular weight is 254 g/mol. The molecule has 14 heavy (non-hydrogen) atoms. The molecule has 1 aromatic rings. The van der Waals surface area contributed by atoms with E-state index >= 15 is 0 Å². The van der Waals surface area contributed by atoms with Crippen molar-refractivity contribution in [2.45, 2.75) is 19.4 Å². The van der Waals surface area contributed by atoms with E-state index in [1.807, 2.05) is 12.1 Å². The third kappa shape index (κ3) is 3.28. The van der Waals surface area contributed by atoms with Gasteiger partial charge in [-0.25, -0.2) is 0 Å². The van der Waals surface area contributed by atoms with E-state index < -0.39 is 0 Å². The summed E-state index contributed by atoms with van der Waals surface area (Å²) in [6, 6.07) is 8.68. The molecule has 0 bridgehead atoms. The summed E-state index contributed by atoms with van der Waals surface area (Å²) in [7, 11) is 0. The molecule has 0 aromatic heterocycles. The molecule has 0 saturated heterocycles. The molecule has 1 rings (SSSR count). The van der Waals surface area contributed by atoms with Crippen LogP contribution >= 0.6 is 15.9 Å². The third-order valence-electron chi connectivity index (χ3n) is 2.17. The first-order valence-corrected chi connectivity index (χ1v) is 5.63. The maximum atomic E-state index is 3.70. The highest BCUT2D eigenvalue weighted by Crippen LogP contribution is 2.22. The van der Waals surface area contributed by atoms with Gasteiger partial charge in [-0.2, -0.15) is 0 Å². The van der Waals surface area contributed by atoms with Crippen molar-refractivity contribution in [3.63, 3.8) is 0 Å². The fourth-order valence-electron chi connectivity index (χ4n) is 1.34. The van der Waals surface area contributed by atoms with Crippen molar-refractivity contribution in [1.29, 1.82) is 0 Å². The van der Waals surface area contributed by atoms with Gasteiger partial charge in [0.2, 0.25) is 0 Å². The van der Waals surface area contributed by atoms with Gasteiger partial charge in [0.25, 0.3) is 0 Å². The Balaban J connectivity index is 2.55. The standard InChI is InChI=1S/C12H16BrN/c1-3-4-9-14-10(2)11-7-5-6-8-12(11)13/h3,5-8,10,14H,1,4,9H2,2H3/t10-/m0/s1. The number of hydrogen-bond donors (Lipinski definition) is 1. The summed E-state index contributed by atoms with van der Waals surface area (Å²) in [5.41, 5.74) is 1.30. The lowest BCUT2D eigenvalue weighted by Crippen LogP contribution is -2.19. The largest absolute Gasteiger partial charge is 0.310 e. The van der Waals surface area contributed by atoms with Crippen LogP contribution in [-0.4, -0.2) is 6.54 Å². The van der Waals surface area contributed by atoms with Crippen LogP contribution in [0.4, 0.5) is 0 Å². The van der Waals surface area contributed by atoms with Crippen LogP contribution in [0.3, 0.4) is 0 Å². The predicted molar refractivity (Wildman–Crippen MR) is 65.4 cm³/mol. The van der Waals surface area contributed by atoms with Crippen LogP contribution in [-0.2, 0) is 0 Å². The maximum Gasteiger partial charge on any atom is 0.0303 e. The average Bonchev–Trinajstić information content (AvgIpc) is 2.18. The van der Waals surface area contributed by atoms with Crippen molar-refractivity contribution in [1.82, 2.24) is 5.32 Å². The molecule has 1 N–H and O–H groups in total. The normalized spacial score (nSPS) is 12.4. The van der Waals surface area contributed by atoms with Crippen LogP contribution in [0.5, 0.6) is 0 Å². The molecule has 2 heteroatoms. The highest BCUT2D eigenvalue weighted by Gasteiger charge is 2.06. The highest BCUT2D eigenvalue weighted by atomic mass is 79.9. The molecule has 1 atom stereocenters. The quantitative estimate of drug-likeness (QED) is 0.624. The second-order valence-electron chi connectivity index (χ2n) is 3.27. The zero-order valence-corrected chi connectivity index (χ0v) is 10.0. The first-order chi connectivity index (χ1) is 6.75.